The number of aliphatic hydroxyl groups excluding tert-OH is 1. The summed E-state index contributed by atoms with van der Waals surface area (Å²) < 4.78 is 26.4. The summed E-state index contributed by atoms with van der Waals surface area (Å²) in [7, 11) is -3.37. The van der Waals surface area contributed by atoms with Gasteiger partial charge in [-0.2, -0.15) is 11.8 Å². The summed E-state index contributed by atoms with van der Waals surface area (Å²) in [5, 5.41) is 8.54. The summed E-state index contributed by atoms with van der Waals surface area (Å²) in [6, 6.07) is 0.0303. The van der Waals surface area contributed by atoms with Gasteiger partial charge in [0, 0.05) is 11.3 Å². The van der Waals surface area contributed by atoms with Crippen LogP contribution in [0.25, 0.3) is 0 Å². The summed E-state index contributed by atoms with van der Waals surface area (Å²) in [6.07, 6.45) is 6.26. The minimum absolute atomic E-state index is 0.0303. The zero-order valence-electron chi connectivity index (χ0n) is 9.85. The fourth-order valence-electron chi connectivity index (χ4n) is 1.94. The molecular formula is C10H21NO3S2. The Bertz CT molecular complexity index is 305. The average molecular weight is 267 g/mol. The van der Waals surface area contributed by atoms with E-state index in [0.29, 0.717) is 5.25 Å². The molecular weight excluding hydrogens is 246 g/mol. The first-order valence-electron chi connectivity index (χ1n) is 5.66. The first-order chi connectivity index (χ1) is 7.51. The van der Waals surface area contributed by atoms with Crippen LogP contribution >= 0.6 is 11.8 Å². The van der Waals surface area contributed by atoms with E-state index >= 15 is 0 Å². The maximum Gasteiger partial charge on any atom is 0.216 e. The molecule has 0 aromatic heterocycles. The van der Waals surface area contributed by atoms with Crippen molar-refractivity contribution in [1.82, 2.24) is 4.72 Å². The van der Waals surface area contributed by atoms with Gasteiger partial charge in [-0.3, -0.25) is 0 Å². The molecule has 1 fully saturated rings. The minimum atomic E-state index is -3.37. The molecule has 4 nitrogen and oxygen atoms in total. The van der Waals surface area contributed by atoms with E-state index in [-0.39, 0.29) is 12.6 Å². The van der Waals surface area contributed by atoms with Crippen molar-refractivity contribution >= 4 is 21.8 Å². The SMILES string of the molecule is CSC1CCCCC1NS(=O)(=O)C(C)CO. The van der Waals surface area contributed by atoms with Crippen LogP contribution in [-0.2, 0) is 10.0 Å². The first kappa shape index (κ1) is 14.3. The van der Waals surface area contributed by atoms with Crippen LogP contribution in [-0.4, -0.2) is 42.9 Å². The highest BCUT2D eigenvalue weighted by Crippen LogP contribution is 2.27. The van der Waals surface area contributed by atoms with Crippen LogP contribution in [0.1, 0.15) is 32.6 Å². The number of hydrogen-bond acceptors (Lipinski definition) is 4. The first-order valence-corrected chi connectivity index (χ1v) is 8.49. The Kier molecular flexibility index (Phi) is 5.56. The van der Waals surface area contributed by atoms with Crippen LogP contribution in [0.3, 0.4) is 0 Å². The van der Waals surface area contributed by atoms with E-state index in [9.17, 15) is 8.42 Å². The molecule has 0 bridgehead atoms. The third-order valence-electron chi connectivity index (χ3n) is 3.11. The lowest BCUT2D eigenvalue weighted by atomic mass is 9.96. The molecule has 0 saturated heterocycles. The molecule has 1 aliphatic rings. The van der Waals surface area contributed by atoms with Crippen molar-refractivity contribution in [3.63, 3.8) is 0 Å². The van der Waals surface area contributed by atoms with Gasteiger partial charge in [-0.25, -0.2) is 13.1 Å². The lowest BCUT2D eigenvalue weighted by Gasteiger charge is -2.31. The Morgan fingerprint density at radius 3 is 2.62 bits per heavy atom. The molecule has 1 saturated carbocycles. The molecule has 3 atom stereocenters. The van der Waals surface area contributed by atoms with Crippen molar-refractivity contribution < 1.29 is 13.5 Å². The molecule has 1 rings (SSSR count). The number of sulfonamides is 1. The van der Waals surface area contributed by atoms with E-state index in [1.54, 1.807) is 11.8 Å². The zero-order valence-corrected chi connectivity index (χ0v) is 11.5. The normalized spacial score (nSPS) is 28.9. The maximum absolute atomic E-state index is 11.8. The standard InChI is InChI=1S/C10H21NO3S2/c1-8(7-12)16(13,14)11-9-5-3-4-6-10(9)15-2/h8-12H,3-7H2,1-2H3. The monoisotopic (exact) mass is 267 g/mol. The van der Waals surface area contributed by atoms with E-state index in [0.717, 1.165) is 19.3 Å². The smallest absolute Gasteiger partial charge is 0.216 e. The quantitative estimate of drug-likeness (QED) is 0.778. The van der Waals surface area contributed by atoms with Gasteiger partial charge in [0.15, 0.2) is 0 Å². The van der Waals surface area contributed by atoms with Gasteiger partial charge in [-0.05, 0) is 26.0 Å². The maximum atomic E-state index is 11.8. The lowest BCUT2D eigenvalue weighted by molar-refractivity contribution is 0.293. The van der Waals surface area contributed by atoms with E-state index < -0.39 is 15.3 Å². The topological polar surface area (TPSA) is 66.4 Å². The lowest BCUT2D eigenvalue weighted by Crippen LogP contribution is -2.47. The van der Waals surface area contributed by atoms with E-state index in [1.807, 2.05) is 6.26 Å². The van der Waals surface area contributed by atoms with Crippen molar-refractivity contribution in [3.8, 4) is 0 Å². The van der Waals surface area contributed by atoms with Crippen LogP contribution in [0.4, 0.5) is 0 Å². The molecule has 0 aromatic carbocycles. The van der Waals surface area contributed by atoms with E-state index in [4.69, 9.17) is 5.11 Å². The van der Waals surface area contributed by atoms with Gasteiger partial charge in [0.05, 0.1) is 11.9 Å². The molecule has 2 N–H and O–H groups in total. The fourth-order valence-corrected chi connectivity index (χ4v) is 4.09. The third kappa shape index (κ3) is 3.61. The molecule has 1 aliphatic carbocycles. The molecule has 6 heteroatoms. The molecule has 0 heterocycles. The van der Waals surface area contributed by atoms with Crippen molar-refractivity contribution in [2.75, 3.05) is 12.9 Å². The summed E-state index contributed by atoms with van der Waals surface area (Å²) in [4.78, 5) is 0. The summed E-state index contributed by atoms with van der Waals surface area (Å²) >= 11 is 1.72. The summed E-state index contributed by atoms with van der Waals surface area (Å²) in [6.45, 7) is 1.20. The fraction of sp³-hybridized carbons (Fsp3) is 1.00. The van der Waals surface area contributed by atoms with Crippen molar-refractivity contribution in [1.29, 1.82) is 0 Å². The van der Waals surface area contributed by atoms with Crippen LogP contribution in [0, 0.1) is 0 Å². The second-order valence-corrected chi connectivity index (χ2v) is 7.53. The Labute approximate surface area is 102 Å². The second kappa shape index (κ2) is 6.23. The van der Waals surface area contributed by atoms with Crippen LogP contribution in [0.2, 0.25) is 0 Å². The van der Waals surface area contributed by atoms with Gasteiger partial charge in [0.2, 0.25) is 10.0 Å². The summed E-state index contributed by atoms with van der Waals surface area (Å²) in [5.41, 5.74) is 0. The van der Waals surface area contributed by atoms with Gasteiger partial charge in [-0.1, -0.05) is 12.8 Å². The predicted molar refractivity (Wildman–Crippen MR) is 68.2 cm³/mol. The zero-order chi connectivity index (χ0) is 12.2. The van der Waals surface area contributed by atoms with Gasteiger partial charge in [-0.15, -0.1) is 0 Å². The summed E-state index contributed by atoms with van der Waals surface area (Å²) in [5.74, 6) is 0. The molecule has 0 spiro atoms. The highest BCUT2D eigenvalue weighted by atomic mass is 32.2. The van der Waals surface area contributed by atoms with Gasteiger partial charge >= 0.3 is 0 Å². The average Bonchev–Trinajstić information content (AvgIpc) is 2.28. The molecule has 16 heavy (non-hydrogen) atoms. The van der Waals surface area contributed by atoms with E-state index in [1.165, 1.54) is 13.3 Å². The third-order valence-corrected chi connectivity index (χ3v) is 6.12. The Balaban J connectivity index is 2.64. The van der Waals surface area contributed by atoms with Crippen LogP contribution in [0.5, 0.6) is 0 Å². The highest BCUT2D eigenvalue weighted by molar-refractivity contribution is 7.99. The van der Waals surface area contributed by atoms with Crippen LogP contribution < -0.4 is 4.72 Å². The number of rotatable bonds is 5. The van der Waals surface area contributed by atoms with Crippen LogP contribution in [0.15, 0.2) is 0 Å². The second-order valence-electron chi connectivity index (χ2n) is 4.32. The van der Waals surface area contributed by atoms with Crippen molar-refractivity contribution in [2.45, 2.75) is 49.1 Å². The Morgan fingerprint density at radius 1 is 1.44 bits per heavy atom. The molecule has 0 aromatic rings. The number of thioether (sulfide) groups is 1. The van der Waals surface area contributed by atoms with Gasteiger partial charge in [0.25, 0.3) is 0 Å². The molecule has 0 aliphatic heterocycles. The minimum Gasteiger partial charge on any atom is -0.395 e. The highest BCUT2D eigenvalue weighted by Gasteiger charge is 2.30. The molecule has 0 amide bonds. The number of hydrogen-bond donors (Lipinski definition) is 2. The Morgan fingerprint density at radius 2 is 2.06 bits per heavy atom. The molecule has 96 valence electrons. The van der Waals surface area contributed by atoms with Gasteiger partial charge < -0.3 is 5.11 Å². The molecule has 0 radical (unpaired) electrons. The molecule has 3 unspecified atom stereocenters. The van der Waals surface area contributed by atoms with Crippen molar-refractivity contribution in [3.05, 3.63) is 0 Å². The largest absolute Gasteiger partial charge is 0.395 e. The van der Waals surface area contributed by atoms with E-state index in [2.05, 4.69) is 4.72 Å². The predicted octanol–water partition coefficient (Wildman–Crippen LogP) is 0.961. The number of aliphatic hydroxyl groups is 1. The number of nitrogens with one attached hydrogen (secondary N) is 1. The van der Waals surface area contributed by atoms with Crippen molar-refractivity contribution in [2.24, 2.45) is 0 Å². The van der Waals surface area contributed by atoms with Gasteiger partial charge in [0.1, 0.15) is 0 Å². The Hall–Kier alpha value is 0.220.